The number of rotatable bonds is 2. The molecule has 0 aliphatic carbocycles. The van der Waals surface area contributed by atoms with Gasteiger partial charge in [-0.05, 0) is 18.4 Å². The first kappa shape index (κ1) is 14.4. The van der Waals surface area contributed by atoms with Gasteiger partial charge in [-0.3, -0.25) is 4.79 Å². The quantitative estimate of drug-likeness (QED) is 0.762. The number of carbonyl (C=O) groups excluding carboxylic acids is 1. The van der Waals surface area contributed by atoms with Crippen molar-refractivity contribution < 1.29 is 13.6 Å². The summed E-state index contributed by atoms with van der Waals surface area (Å²) in [6.45, 7) is 3.39. The van der Waals surface area contributed by atoms with E-state index in [-0.39, 0.29) is 17.9 Å². The van der Waals surface area contributed by atoms with Gasteiger partial charge in [0, 0.05) is 23.5 Å². The molecular weight excluding hydrogens is 316 g/mol. The summed E-state index contributed by atoms with van der Waals surface area (Å²) >= 11 is 3.57. The van der Waals surface area contributed by atoms with Crippen molar-refractivity contribution in [3.05, 3.63) is 35.4 Å². The SMILES string of the molecule is CC1CN(C(=O)Cc2cccc(F)c2F)CCC1Br. The zero-order valence-corrected chi connectivity index (χ0v) is 12.3. The third kappa shape index (κ3) is 3.32. The molecule has 19 heavy (non-hydrogen) atoms. The van der Waals surface area contributed by atoms with E-state index in [4.69, 9.17) is 0 Å². The number of halogens is 3. The first-order chi connectivity index (χ1) is 8.99. The Hall–Kier alpha value is -0.970. The van der Waals surface area contributed by atoms with Gasteiger partial charge in [-0.1, -0.05) is 35.0 Å². The summed E-state index contributed by atoms with van der Waals surface area (Å²) in [5.74, 6) is -1.59. The van der Waals surface area contributed by atoms with E-state index in [9.17, 15) is 13.6 Å². The van der Waals surface area contributed by atoms with Gasteiger partial charge in [0.05, 0.1) is 6.42 Å². The number of hydrogen-bond donors (Lipinski definition) is 0. The fraction of sp³-hybridized carbons (Fsp3) is 0.500. The van der Waals surface area contributed by atoms with Crippen molar-refractivity contribution in [3.8, 4) is 0 Å². The molecule has 1 heterocycles. The van der Waals surface area contributed by atoms with Crippen molar-refractivity contribution in [2.24, 2.45) is 5.92 Å². The van der Waals surface area contributed by atoms with Crippen LogP contribution in [0.2, 0.25) is 0 Å². The molecule has 1 aromatic rings. The van der Waals surface area contributed by atoms with E-state index in [0.29, 0.717) is 23.8 Å². The highest BCUT2D eigenvalue weighted by atomic mass is 79.9. The van der Waals surface area contributed by atoms with E-state index < -0.39 is 11.6 Å². The first-order valence-electron chi connectivity index (χ1n) is 6.33. The highest BCUT2D eigenvalue weighted by Crippen LogP contribution is 2.24. The van der Waals surface area contributed by atoms with Gasteiger partial charge in [-0.15, -0.1) is 0 Å². The molecule has 0 spiro atoms. The minimum atomic E-state index is -0.917. The van der Waals surface area contributed by atoms with Crippen LogP contribution in [0.15, 0.2) is 18.2 Å². The minimum Gasteiger partial charge on any atom is -0.342 e. The number of hydrogen-bond acceptors (Lipinski definition) is 1. The summed E-state index contributed by atoms with van der Waals surface area (Å²) in [7, 11) is 0. The topological polar surface area (TPSA) is 20.3 Å². The molecular formula is C14H16BrF2NO. The molecule has 2 nitrogen and oxygen atoms in total. The molecule has 0 N–H and O–H groups in total. The molecule has 2 atom stereocenters. The van der Waals surface area contributed by atoms with Crippen LogP contribution >= 0.6 is 15.9 Å². The van der Waals surface area contributed by atoms with Crippen molar-refractivity contribution in [2.45, 2.75) is 24.6 Å². The van der Waals surface area contributed by atoms with Crippen LogP contribution in [0.5, 0.6) is 0 Å². The lowest BCUT2D eigenvalue weighted by atomic mass is 9.99. The highest BCUT2D eigenvalue weighted by molar-refractivity contribution is 9.09. The molecule has 1 aliphatic heterocycles. The molecule has 1 aromatic carbocycles. The Morgan fingerprint density at radius 2 is 2.21 bits per heavy atom. The molecule has 104 valence electrons. The summed E-state index contributed by atoms with van der Waals surface area (Å²) in [5, 5.41) is 0. The molecule has 0 saturated carbocycles. The van der Waals surface area contributed by atoms with E-state index in [2.05, 4.69) is 22.9 Å². The Morgan fingerprint density at radius 1 is 1.47 bits per heavy atom. The van der Waals surface area contributed by atoms with E-state index in [1.54, 1.807) is 4.90 Å². The first-order valence-corrected chi connectivity index (χ1v) is 7.25. The zero-order chi connectivity index (χ0) is 14.0. The summed E-state index contributed by atoms with van der Waals surface area (Å²) in [6.07, 6.45) is 0.807. The molecule has 1 saturated heterocycles. The van der Waals surface area contributed by atoms with Crippen LogP contribution in [0, 0.1) is 17.6 Å². The van der Waals surface area contributed by atoms with Gasteiger partial charge in [0.2, 0.25) is 5.91 Å². The predicted molar refractivity (Wildman–Crippen MR) is 73.1 cm³/mol. The summed E-state index contributed by atoms with van der Waals surface area (Å²) in [5.41, 5.74) is 0.124. The minimum absolute atomic E-state index is 0.0801. The molecule has 1 fully saturated rings. The number of benzene rings is 1. The van der Waals surface area contributed by atoms with Crippen molar-refractivity contribution in [3.63, 3.8) is 0 Å². The third-order valence-corrected chi connectivity index (χ3v) is 4.89. The molecule has 5 heteroatoms. The van der Waals surface area contributed by atoms with Gasteiger partial charge in [0.25, 0.3) is 0 Å². The van der Waals surface area contributed by atoms with Crippen LogP contribution in [-0.4, -0.2) is 28.7 Å². The number of likely N-dealkylation sites (tertiary alicyclic amines) is 1. The fourth-order valence-electron chi connectivity index (χ4n) is 2.30. The maximum Gasteiger partial charge on any atom is 0.227 e. The third-order valence-electron chi connectivity index (χ3n) is 3.53. The van der Waals surface area contributed by atoms with Crippen molar-refractivity contribution in [1.82, 2.24) is 4.90 Å². The Kier molecular flexibility index (Phi) is 4.55. The second kappa shape index (κ2) is 5.99. The standard InChI is InChI=1S/C14H16BrF2NO/c1-9-8-18(6-5-11(9)15)13(19)7-10-3-2-4-12(16)14(10)17/h2-4,9,11H,5-8H2,1H3. The molecule has 1 aliphatic rings. The molecule has 0 radical (unpaired) electrons. The maximum atomic E-state index is 13.5. The van der Waals surface area contributed by atoms with Crippen LogP contribution in [0.1, 0.15) is 18.9 Å². The Labute approximate surface area is 119 Å². The van der Waals surface area contributed by atoms with Crippen molar-refractivity contribution in [2.75, 3.05) is 13.1 Å². The van der Waals surface area contributed by atoms with Gasteiger partial charge in [0.15, 0.2) is 11.6 Å². The van der Waals surface area contributed by atoms with E-state index in [0.717, 1.165) is 12.5 Å². The number of nitrogens with zero attached hydrogens (tertiary/aromatic N) is 1. The zero-order valence-electron chi connectivity index (χ0n) is 10.7. The fourth-order valence-corrected chi connectivity index (χ4v) is 2.68. The monoisotopic (exact) mass is 331 g/mol. The van der Waals surface area contributed by atoms with Crippen molar-refractivity contribution >= 4 is 21.8 Å². The number of piperidine rings is 1. The second-order valence-electron chi connectivity index (χ2n) is 5.01. The molecule has 1 amide bonds. The average molecular weight is 332 g/mol. The van der Waals surface area contributed by atoms with Gasteiger partial charge >= 0.3 is 0 Å². The smallest absolute Gasteiger partial charge is 0.227 e. The molecule has 0 bridgehead atoms. The van der Waals surface area contributed by atoms with Gasteiger partial charge in [-0.25, -0.2) is 8.78 Å². The lowest BCUT2D eigenvalue weighted by molar-refractivity contribution is -0.132. The summed E-state index contributed by atoms with van der Waals surface area (Å²) in [4.78, 5) is 14.3. The Balaban J connectivity index is 2.03. The second-order valence-corrected chi connectivity index (χ2v) is 6.19. The Morgan fingerprint density at radius 3 is 2.89 bits per heavy atom. The van der Waals surface area contributed by atoms with Crippen LogP contribution in [0.4, 0.5) is 8.78 Å². The summed E-state index contributed by atoms with van der Waals surface area (Å²) in [6, 6.07) is 3.94. The van der Waals surface area contributed by atoms with E-state index in [1.807, 2.05) is 0 Å². The Bertz CT molecular complexity index is 481. The maximum absolute atomic E-state index is 13.5. The van der Waals surface area contributed by atoms with Crippen molar-refractivity contribution in [1.29, 1.82) is 0 Å². The van der Waals surface area contributed by atoms with Gasteiger partial charge < -0.3 is 4.90 Å². The molecule has 2 rings (SSSR count). The molecule has 2 unspecified atom stereocenters. The van der Waals surface area contributed by atoms with E-state index >= 15 is 0 Å². The summed E-state index contributed by atoms with van der Waals surface area (Å²) < 4.78 is 26.6. The van der Waals surface area contributed by atoms with Gasteiger partial charge in [-0.2, -0.15) is 0 Å². The largest absolute Gasteiger partial charge is 0.342 e. The van der Waals surface area contributed by atoms with Crippen LogP contribution in [-0.2, 0) is 11.2 Å². The van der Waals surface area contributed by atoms with Crippen LogP contribution < -0.4 is 0 Å². The van der Waals surface area contributed by atoms with E-state index in [1.165, 1.54) is 12.1 Å². The number of amides is 1. The van der Waals surface area contributed by atoms with Gasteiger partial charge in [0.1, 0.15) is 0 Å². The average Bonchev–Trinajstić information content (AvgIpc) is 2.38. The lowest BCUT2D eigenvalue weighted by Crippen LogP contribution is -2.44. The highest BCUT2D eigenvalue weighted by Gasteiger charge is 2.27. The van der Waals surface area contributed by atoms with Crippen LogP contribution in [0.25, 0.3) is 0 Å². The van der Waals surface area contributed by atoms with Crippen LogP contribution in [0.3, 0.4) is 0 Å². The molecule has 0 aromatic heterocycles. The lowest BCUT2D eigenvalue weighted by Gasteiger charge is -2.34. The predicted octanol–water partition coefficient (Wildman–Crippen LogP) is 3.14. The number of carbonyl (C=O) groups is 1. The number of alkyl halides is 1. The normalized spacial score (nSPS) is 23.5.